The van der Waals surface area contributed by atoms with Gasteiger partial charge in [-0.2, -0.15) is 0 Å². The molecule has 2 heteroatoms. The maximum atomic E-state index is 6.11. The molecule has 2 aliphatic rings. The molecule has 0 radical (unpaired) electrons. The number of hydrogen-bond donors (Lipinski definition) is 1. The zero-order valence-corrected chi connectivity index (χ0v) is 12.9. The highest BCUT2D eigenvalue weighted by Crippen LogP contribution is 2.37. The van der Waals surface area contributed by atoms with Crippen LogP contribution in [-0.2, 0) is 12.8 Å². The summed E-state index contributed by atoms with van der Waals surface area (Å²) in [5, 5.41) is 4.77. The first-order valence-corrected chi connectivity index (χ1v) is 8.31. The summed E-state index contributed by atoms with van der Waals surface area (Å²) in [6.45, 7) is 0. The van der Waals surface area contributed by atoms with Gasteiger partial charge in [0.2, 0.25) is 0 Å². The lowest BCUT2D eigenvalue weighted by molar-refractivity contribution is 0.398. The monoisotopic (exact) mass is 297 g/mol. The van der Waals surface area contributed by atoms with Crippen LogP contribution >= 0.6 is 11.6 Å². The minimum atomic E-state index is 0.480. The number of rotatable bonds is 2. The fourth-order valence-corrected chi connectivity index (χ4v) is 4.12. The molecule has 2 aliphatic carbocycles. The Kier molecular flexibility index (Phi) is 3.48. The van der Waals surface area contributed by atoms with Crippen molar-refractivity contribution in [3.63, 3.8) is 0 Å². The van der Waals surface area contributed by atoms with Gasteiger partial charge in [0.15, 0.2) is 0 Å². The van der Waals surface area contributed by atoms with E-state index in [1.165, 1.54) is 47.9 Å². The molecule has 0 heterocycles. The first-order valence-electron chi connectivity index (χ1n) is 7.93. The van der Waals surface area contributed by atoms with Crippen molar-refractivity contribution >= 4 is 11.6 Å². The van der Waals surface area contributed by atoms with Gasteiger partial charge in [-0.1, -0.05) is 41.9 Å². The third-order valence-electron chi connectivity index (χ3n) is 4.95. The van der Waals surface area contributed by atoms with E-state index in [0.29, 0.717) is 12.1 Å². The SMILES string of the molecule is Clc1ccc2c(c1)CCC2NC1CCCc2ccccc21. The maximum Gasteiger partial charge on any atom is 0.0408 e. The molecular formula is C19H20ClN. The van der Waals surface area contributed by atoms with Gasteiger partial charge in [-0.05, 0) is 66.5 Å². The van der Waals surface area contributed by atoms with Crippen molar-refractivity contribution in [2.45, 2.75) is 44.2 Å². The number of hydrogen-bond acceptors (Lipinski definition) is 1. The Bertz CT molecular complexity index is 664. The Hall–Kier alpha value is -1.31. The van der Waals surface area contributed by atoms with Gasteiger partial charge >= 0.3 is 0 Å². The number of aryl methyl sites for hydroxylation is 2. The van der Waals surface area contributed by atoms with Crippen molar-refractivity contribution in [3.8, 4) is 0 Å². The molecule has 2 atom stereocenters. The van der Waals surface area contributed by atoms with Crippen LogP contribution in [0.5, 0.6) is 0 Å². The molecule has 0 amide bonds. The largest absolute Gasteiger partial charge is 0.303 e. The minimum Gasteiger partial charge on any atom is -0.303 e. The summed E-state index contributed by atoms with van der Waals surface area (Å²) in [5.74, 6) is 0. The summed E-state index contributed by atoms with van der Waals surface area (Å²) >= 11 is 6.11. The minimum absolute atomic E-state index is 0.480. The zero-order chi connectivity index (χ0) is 14.2. The van der Waals surface area contributed by atoms with Crippen LogP contribution in [0.3, 0.4) is 0 Å². The molecule has 2 unspecified atom stereocenters. The summed E-state index contributed by atoms with van der Waals surface area (Å²) in [7, 11) is 0. The van der Waals surface area contributed by atoms with Gasteiger partial charge in [-0.3, -0.25) is 0 Å². The highest BCUT2D eigenvalue weighted by atomic mass is 35.5. The molecule has 2 aromatic carbocycles. The van der Waals surface area contributed by atoms with Gasteiger partial charge < -0.3 is 5.32 Å². The molecule has 2 aromatic rings. The van der Waals surface area contributed by atoms with Gasteiger partial charge in [0, 0.05) is 17.1 Å². The van der Waals surface area contributed by atoms with E-state index in [1.54, 1.807) is 0 Å². The highest BCUT2D eigenvalue weighted by molar-refractivity contribution is 6.30. The normalized spacial score (nSPS) is 23.7. The molecule has 21 heavy (non-hydrogen) atoms. The molecule has 0 aliphatic heterocycles. The van der Waals surface area contributed by atoms with Gasteiger partial charge in [-0.15, -0.1) is 0 Å². The number of benzene rings is 2. The van der Waals surface area contributed by atoms with Gasteiger partial charge in [0.05, 0.1) is 0 Å². The van der Waals surface area contributed by atoms with E-state index in [1.807, 2.05) is 6.07 Å². The maximum absolute atomic E-state index is 6.11. The fraction of sp³-hybridized carbons (Fsp3) is 0.368. The third-order valence-corrected chi connectivity index (χ3v) is 5.19. The van der Waals surface area contributed by atoms with Crippen molar-refractivity contribution < 1.29 is 0 Å². The van der Waals surface area contributed by atoms with Crippen LogP contribution in [0.1, 0.15) is 53.6 Å². The van der Waals surface area contributed by atoms with E-state index in [4.69, 9.17) is 11.6 Å². The highest BCUT2D eigenvalue weighted by Gasteiger charge is 2.27. The molecule has 0 bridgehead atoms. The molecular weight excluding hydrogens is 278 g/mol. The lowest BCUT2D eigenvalue weighted by atomic mass is 9.87. The Balaban J connectivity index is 1.59. The predicted molar refractivity (Wildman–Crippen MR) is 87.8 cm³/mol. The number of halogens is 1. The smallest absolute Gasteiger partial charge is 0.0408 e. The Morgan fingerprint density at radius 1 is 0.857 bits per heavy atom. The molecule has 0 fully saturated rings. The van der Waals surface area contributed by atoms with E-state index >= 15 is 0 Å². The van der Waals surface area contributed by atoms with Crippen molar-refractivity contribution in [2.75, 3.05) is 0 Å². The van der Waals surface area contributed by atoms with Crippen LogP contribution in [0, 0.1) is 0 Å². The summed E-state index contributed by atoms with van der Waals surface area (Å²) in [6.07, 6.45) is 6.09. The Morgan fingerprint density at radius 2 is 1.67 bits per heavy atom. The summed E-state index contributed by atoms with van der Waals surface area (Å²) < 4.78 is 0. The second-order valence-electron chi connectivity index (χ2n) is 6.24. The van der Waals surface area contributed by atoms with Gasteiger partial charge in [0.1, 0.15) is 0 Å². The van der Waals surface area contributed by atoms with Crippen molar-refractivity contribution in [1.29, 1.82) is 0 Å². The molecule has 4 rings (SSSR count). The van der Waals surface area contributed by atoms with Gasteiger partial charge in [0.25, 0.3) is 0 Å². The van der Waals surface area contributed by atoms with Crippen LogP contribution in [0.15, 0.2) is 42.5 Å². The lowest BCUT2D eigenvalue weighted by Crippen LogP contribution is -2.28. The van der Waals surface area contributed by atoms with Crippen LogP contribution < -0.4 is 5.32 Å². The second-order valence-corrected chi connectivity index (χ2v) is 6.68. The van der Waals surface area contributed by atoms with Crippen LogP contribution in [0.4, 0.5) is 0 Å². The second kappa shape index (κ2) is 5.47. The van der Waals surface area contributed by atoms with E-state index in [-0.39, 0.29) is 0 Å². The van der Waals surface area contributed by atoms with Crippen molar-refractivity contribution in [2.24, 2.45) is 0 Å². The summed E-state index contributed by atoms with van der Waals surface area (Å²) in [6, 6.07) is 16.2. The van der Waals surface area contributed by atoms with E-state index in [2.05, 4.69) is 41.7 Å². The fourth-order valence-electron chi connectivity index (χ4n) is 3.93. The number of fused-ring (bicyclic) bond motifs is 2. The first kappa shape index (κ1) is 13.4. The standard InChI is InChI=1S/C19H20ClN/c20-15-9-10-17-14(12-15)8-11-19(17)21-18-7-3-5-13-4-1-2-6-16(13)18/h1-2,4,6,9-10,12,18-19,21H,3,5,7-8,11H2. The van der Waals surface area contributed by atoms with E-state index in [9.17, 15) is 0 Å². The summed E-state index contributed by atoms with van der Waals surface area (Å²) in [5.41, 5.74) is 5.90. The third kappa shape index (κ3) is 2.49. The quantitative estimate of drug-likeness (QED) is 0.823. The summed E-state index contributed by atoms with van der Waals surface area (Å²) in [4.78, 5) is 0. The van der Waals surface area contributed by atoms with E-state index in [0.717, 1.165) is 11.4 Å². The number of nitrogens with one attached hydrogen (secondary N) is 1. The molecule has 1 nitrogen and oxygen atoms in total. The molecule has 108 valence electrons. The molecule has 0 saturated heterocycles. The van der Waals surface area contributed by atoms with Crippen LogP contribution in [0.25, 0.3) is 0 Å². The molecule has 0 saturated carbocycles. The first-order chi connectivity index (χ1) is 10.3. The van der Waals surface area contributed by atoms with Crippen molar-refractivity contribution in [1.82, 2.24) is 5.32 Å². The van der Waals surface area contributed by atoms with Crippen molar-refractivity contribution in [3.05, 3.63) is 69.7 Å². The topological polar surface area (TPSA) is 12.0 Å². The average Bonchev–Trinajstić information content (AvgIpc) is 2.90. The lowest BCUT2D eigenvalue weighted by Gasteiger charge is -2.29. The van der Waals surface area contributed by atoms with Crippen LogP contribution in [-0.4, -0.2) is 0 Å². The predicted octanol–water partition coefficient (Wildman–Crippen LogP) is 4.99. The average molecular weight is 298 g/mol. The molecule has 1 N–H and O–H groups in total. The van der Waals surface area contributed by atoms with E-state index < -0.39 is 0 Å². The van der Waals surface area contributed by atoms with Gasteiger partial charge in [-0.25, -0.2) is 0 Å². The Morgan fingerprint density at radius 3 is 2.62 bits per heavy atom. The zero-order valence-electron chi connectivity index (χ0n) is 12.1. The molecule has 0 aromatic heterocycles. The molecule has 0 spiro atoms. The van der Waals surface area contributed by atoms with Crippen LogP contribution in [0.2, 0.25) is 5.02 Å². The Labute approximate surface area is 131 Å².